The second-order valence-corrected chi connectivity index (χ2v) is 7.12. The lowest BCUT2D eigenvalue weighted by Gasteiger charge is -2.12. The lowest BCUT2D eigenvalue weighted by atomic mass is 10.1. The third kappa shape index (κ3) is 3.72. The molecule has 0 aliphatic heterocycles. The van der Waals surface area contributed by atoms with E-state index in [1.54, 1.807) is 31.4 Å². The van der Waals surface area contributed by atoms with E-state index in [1.165, 1.54) is 0 Å². The molecule has 0 atom stereocenters. The smallest absolute Gasteiger partial charge is 0.142 e. The third-order valence-electron chi connectivity index (χ3n) is 4.39. The number of rotatable bonds is 5. The highest BCUT2D eigenvalue weighted by atomic mass is 35.5. The average Bonchev–Trinajstić information content (AvgIpc) is 3.09. The van der Waals surface area contributed by atoms with Gasteiger partial charge in [-0.3, -0.25) is 0 Å². The van der Waals surface area contributed by atoms with Crippen molar-refractivity contribution >= 4 is 39.9 Å². The summed E-state index contributed by atoms with van der Waals surface area (Å²) in [5.41, 5.74) is 4.23. The number of phenols is 1. The molecule has 0 radical (unpaired) electrons. The zero-order valence-corrected chi connectivity index (χ0v) is 16.5. The number of ether oxygens (including phenoxy) is 1. The predicted molar refractivity (Wildman–Crippen MR) is 114 cm³/mol. The number of methoxy groups -OCH3 is 1. The van der Waals surface area contributed by atoms with Crippen LogP contribution in [0, 0.1) is 0 Å². The van der Waals surface area contributed by atoms with Crippen molar-refractivity contribution in [1.29, 1.82) is 0 Å². The molecule has 0 bridgehead atoms. The number of hydrogen-bond acceptors (Lipinski definition) is 4. The van der Waals surface area contributed by atoms with Crippen molar-refractivity contribution in [1.82, 2.24) is 9.97 Å². The fourth-order valence-electron chi connectivity index (χ4n) is 3.00. The maximum absolute atomic E-state index is 9.63. The van der Waals surface area contributed by atoms with Crippen LogP contribution in [0.3, 0.4) is 0 Å². The van der Waals surface area contributed by atoms with Crippen molar-refractivity contribution in [3.63, 3.8) is 0 Å². The molecule has 0 saturated carbocycles. The van der Waals surface area contributed by atoms with Crippen LogP contribution >= 0.6 is 23.2 Å². The maximum atomic E-state index is 9.63. The van der Waals surface area contributed by atoms with Crippen molar-refractivity contribution in [3.05, 3.63) is 70.2 Å². The third-order valence-corrected chi connectivity index (χ3v) is 5.11. The number of aromatic nitrogens is 2. The Bertz CT molecular complexity index is 1120. The fourth-order valence-corrected chi connectivity index (χ4v) is 3.32. The maximum Gasteiger partial charge on any atom is 0.142 e. The van der Waals surface area contributed by atoms with Crippen LogP contribution in [0.2, 0.25) is 10.0 Å². The minimum Gasteiger partial charge on any atom is -0.508 e. The van der Waals surface area contributed by atoms with E-state index < -0.39 is 0 Å². The Morgan fingerprint density at radius 1 is 1.07 bits per heavy atom. The SMILES string of the molecule is COc1ccc(-c2nc3cc(Cl)c(Cl)cc3[nH]2)cc1NCc1cccc(O)c1. The molecular formula is C21H17Cl2N3O2. The molecule has 4 aromatic rings. The van der Waals surface area contributed by atoms with Gasteiger partial charge < -0.3 is 20.1 Å². The zero-order valence-electron chi connectivity index (χ0n) is 15.0. The van der Waals surface area contributed by atoms with Crippen molar-refractivity contribution in [2.45, 2.75) is 6.54 Å². The first-order valence-electron chi connectivity index (χ1n) is 8.58. The summed E-state index contributed by atoms with van der Waals surface area (Å²) in [5.74, 6) is 1.65. The van der Waals surface area contributed by atoms with Crippen LogP contribution in [-0.2, 0) is 6.54 Å². The number of benzene rings is 3. The molecule has 7 heteroatoms. The van der Waals surface area contributed by atoms with E-state index >= 15 is 0 Å². The number of nitrogens with zero attached hydrogens (tertiary/aromatic N) is 1. The summed E-state index contributed by atoms with van der Waals surface area (Å²) in [6.45, 7) is 0.541. The first kappa shape index (κ1) is 18.5. The Hall–Kier alpha value is -2.89. The number of H-pyrrole nitrogens is 1. The average molecular weight is 414 g/mol. The van der Waals surface area contributed by atoms with Crippen molar-refractivity contribution in [2.24, 2.45) is 0 Å². The molecule has 3 aromatic carbocycles. The molecule has 0 aliphatic carbocycles. The van der Waals surface area contributed by atoms with Gasteiger partial charge in [0.25, 0.3) is 0 Å². The lowest BCUT2D eigenvalue weighted by Crippen LogP contribution is -2.01. The van der Waals surface area contributed by atoms with Gasteiger partial charge in [0, 0.05) is 12.1 Å². The minimum atomic E-state index is 0.236. The second kappa shape index (κ2) is 7.62. The molecule has 0 fully saturated rings. The second-order valence-electron chi connectivity index (χ2n) is 6.31. The highest BCUT2D eigenvalue weighted by molar-refractivity contribution is 6.42. The van der Waals surface area contributed by atoms with Gasteiger partial charge in [0.15, 0.2) is 0 Å². The number of phenolic OH excluding ortho intramolecular Hbond substituents is 1. The van der Waals surface area contributed by atoms with Crippen LogP contribution in [0.4, 0.5) is 5.69 Å². The van der Waals surface area contributed by atoms with Crippen LogP contribution < -0.4 is 10.1 Å². The number of anilines is 1. The number of imidazole rings is 1. The van der Waals surface area contributed by atoms with E-state index in [-0.39, 0.29) is 5.75 Å². The quantitative estimate of drug-likeness (QED) is 0.382. The van der Waals surface area contributed by atoms with E-state index in [9.17, 15) is 5.11 Å². The van der Waals surface area contributed by atoms with E-state index in [0.717, 1.165) is 27.8 Å². The van der Waals surface area contributed by atoms with E-state index in [0.29, 0.717) is 28.2 Å². The molecule has 5 nitrogen and oxygen atoms in total. The van der Waals surface area contributed by atoms with Crippen LogP contribution in [0.5, 0.6) is 11.5 Å². The molecule has 3 N–H and O–H groups in total. The van der Waals surface area contributed by atoms with Crippen molar-refractivity contribution in [3.8, 4) is 22.9 Å². The lowest BCUT2D eigenvalue weighted by molar-refractivity contribution is 0.416. The number of nitrogens with one attached hydrogen (secondary N) is 2. The predicted octanol–water partition coefficient (Wildman–Crippen LogP) is 5.86. The topological polar surface area (TPSA) is 70.2 Å². The molecule has 0 spiro atoms. The van der Waals surface area contributed by atoms with Gasteiger partial charge in [0.05, 0.1) is 33.9 Å². The van der Waals surface area contributed by atoms with Crippen LogP contribution in [0.25, 0.3) is 22.4 Å². The Kier molecular flexibility index (Phi) is 5.03. The first-order valence-corrected chi connectivity index (χ1v) is 9.34. The summed E-state index contributed by atoms with van der Waals surface area (Å²) < 4.78 is 5.46. The molecule has 0 amide bonds. The van der Waals surface area contributed by atoms with Gasteiger partial charge in [-0.2, -0.15) is 0 Å². The van der Waals surface area contributed by atoms with Crippen molar-refractivity contribution in [2.75, 3.05) is 12.4 Å². The summed E-state index contributed by atoms with van der Waals surface area (Å²) in [6.07, 6.45) is 0. The van der Waals surface area contributed by atoms with Crippen LogP contribution in [0.15, 0.2) is 54.6 Å². The molecule has 1 aromatic heterocycles. The van der Waals surface area contributed by atoms with Gasteiger partial charge in [-0.25, -0.2) is 4.98 Å². The number of aromatic hydroxyl groups is 1. The molecule has 142 valence electrons. The summed E-state index contributed by atoms with van der Waals surface area (Å²) in [7, 11) is 1.62. The molecule has 0 saturated heterocycles. The highest BCUT2D eigenvalue weighted by Crippen LogP contribution is 2.32. The molecular weight excluding hydrogens is 397 g/mol. The van der Waals surface area contributed by atoms with Gasteiger partial charge in [-0.1, -0.05) is 35.3 Å². The molecule has 28 heavy (non-hydrogen) atoms. The normalized spacial score (nSPS) is 11.0. The van der Waals surface area contributed by atoms with Crippen LogP contribution in [-0.4, -0.2) is 22.2 Å². The van der Waals surface area contributed by atoms with E-state index in [4.69, 9.17) is 27.9 Å². The summed E-state index contributed by atoms with van der Waals surface area (Å²) >= 11 is 12.2. The van der Waals surface area contributed by atoms with Gasteiger partial charge >= 0.3 is 0 Å². The van der Waals surface area contributed by atoms with Gasteiger partial charge in [0.1, 0.15) is 17.3 Å². The Morgan fingerprint density at radius 2 is 1.89 bits per heavy atom. The first-order chi connectivity index (χ1) is 13.5. The fraction of sp³-hybridized carbons (Fsp3) is 0.0952. The highest BCUT2D eigenvalue weighted by Gasteiger charge is 2.11. The summed E-state index contributed by atoms with van der Waals surface area (Å²) in [5, 5.41) is 13.9. The largest absolute Gasteiger partial charge is 0.508 e. The Balaban J connectivity index is 1.66. The number of halogens is 2. The van der Waals surface area contributed by atoms with Gasteiger partial charge in [-0.15, -0.1) is 0 Å². The van der Waals surface area contributed by atoms with Crippen LogP contribution in [0.1, 0.15) is 5.56 Å². The monoisotopic (exact) mass is 413 g/mol. The van der Waals surface area contributed by atoms with Crippen molar-refractivity contribution < 1.29 is 9.84 Å². The summed E-state index contributed by atoms with van der Waals surface area (Å²) in [4.78, 5) is 7.88. The standard InChI is InChI=1S/C21H17Cl2N3O2/c1-28-20-6-5-13(8-19(20)24-11-12-3-2-4-14(27)7-12)21-25-17-9-15(22)16(23)10-18(17)26-21/h2-10,24,27H,11H2,1H3,(H,25,26). The Labute approximate surface area is 171 Å². The molecule has 1 heterocycles. The van der Waals surface area contributed by atoms with Gasteiger partial charge in [0.2, 0.25) is 0 Å². The minimum absolute atomic E-state index is 0.236. The molecule has 0 aliphatic rings. The summed E-state index contributed by atoms with van der Waals surface area (Å²) in [6, 6.07) is 16.4. The number of hydrogen-bond donors (Lipinski definition) is 3. The number of fused-ring (bicyclic) bond motifs is 1. The molecule has 4 rings (SSSR count). The zero-order chi connectivity index (χ0) is 19.7. The molecule has 0 unspecified atom stereocenters. The Morgan fingerprint density at radius 3 is 2.68 bits per heavy atom. The van der Waals surface area contributed by atoms with E-state index in [1.807, 2.05) is 30.3 Å². The number of aromatic amines is 1. The van der Waals surface area contributed by atoms with Gasteiger partial charge in [-0.05, 0) is 48.0 Å². The van der Waals surface area contributed by atoms with E-state index in [2.05, 4.69) is 15.3 Å².